The molecule has 2 heterocycles. The van der Waals surface area contributed by atoms with E-state index >= 15 is 4.39 Å². The van der Waals surface area contributed by atoms with Gasteiger partial charge in [0.1, 0.15) is 6.33 Å². The summed E-state index contributed by atoms with van der Waals surface area (Å²) in [6.45, 7) is 6.25. The lowest BCUT2D eigenvalue weighted by Crippen LogP contribution is -2.26. The van der Waals surface area contributed by atoms with Crippen LogP contribution in [0.15, 0.2) is 30.6 Å². The van der Waals surface area contributed by atoms with E-state index in [-0.39, 0.29) is 17.4 Å². The minimum absolute atomic E-state index is 0.00704. The quantitative estimate of drug-likeness (QED) is 0.470. The van der Waals surface area contributed by atoms with Gasteiger partial charge in [-0.3, -0.25) is 0 Å². The van der Waals surface area contributed by atoms with Crippen molar-refractivity contribution < 1.29 is 13.2 Å². The van der Waals surface area contributed by atoms with E-state index in [0.29, 0.717) is 35.8 Å². The lowest BCUT2D eigenvalue weighted by atomic mass is 9.72. The van der Waals surface area contributed by atoms with Gasteiger partial charge in [-0.25, -0.2) is 23.1 Å². The summed E-state index contributed by atoms with van der Waals surface area (Å²) in [6.07, 6.45) is 9.67. The summed E-state index contributed by atoms with van der Waals surface area (Å²) in [5.41, 5.74) is 1.83. The van der Waals surface area contributed by atoms with Crippen molar-refractivity contribution in [2.45, 2.75) is 84.1 Å². The second kappa shape index (κ2) is 9.03. The molecule has 1 atom stereocenters. The first-order valence-electron chi connectivity index (χ1n) is 11.9. The van der Waals surface area contributed by atoms with Crippen LogP contribution in [0.4, 0.5) is 19.0 Å². The fourth-order valence-corrected chi connectivity index (χ4v) is 5.22. The van der Waals surface area contributed by atoms with Crippen LogP contribution in [0.1, 0.15) is 88.6 Å². The number of rotatable bonds is 6. The van der Waals surface area contributed by atoms with E-state index in [4.69, 9.17) is 0 Å². The molecule has 4 rings (SSSR count). The van der Waals surface area contributed by atoms with Crippen molar-refractivity contribution in [3.63, 3.8) is 0 Å². The molecule has 1 saturated heterocycles. The molecule has 2 aromatic rings. The number of benzene rings is 1. The van der Waals surface area contributed by atoms with Gasteiger partial charge in [-0.1, -0.05) is 38.1 Å². The monoisotopic (exact) mass is 445 g/mol. The van der Waals surface area contributed by atoms with Crippen LogP contribution < -0.4 is 4.90 Å². The zero-order chi connectivity index (χ0) is 22.9. The highest BCUT2D eigenvalue weighted by Crippen LogP contribution is 2.40. The van der Waals surface area contributed by atoms with Crippen molar-refractivity contribution in [3.05, 3.63) is 53.2 Å². The zero-order valence-corrected chi connectivity index (χ0v) is 19.4. The minimum atomic E-state index is -2.87. The van der Waals surface area contributed by atoms with Crippen LogP contribution >= 0.6 is 0 Å². The van der Waals surface area contributed by atoms with Gasteiger partial charge in [0.2, 0.25) is 0 Å². The molecule has 2 fully saturated rings. The highest BCUT2D eigenvalue weighted by molar-refractivity contribution is 5.46. The molecule has 1 saturated carbocycles. The van der Waals surface area contributed by atoms with E-state index in [9.17, 15) is 8.78 Å². The summed E-state index contributed by atoms with van der Waals surface area (Å²) in [7, 11) is 0. The highest BCUT2D eigenvalue weighted by atomic mass is 19.3. The summed E-state index contributed by atoms with van der Waals surface area (Å²) >= 11 is 0. The van der Waals surface area contributed by atoms with E-state index in [1.54, 1.807) is 12.1 Å². The predicted octanol–water partition coefficient (Wildman–Crippen LogP) is 7.22. The summed E-state index contributed by atoms with van der Waals surface area (Å²) < 4.78 is 42.6. The van der Waals surface area contributed by atoms with Gasteiger partial charge >= 0.3 is 0 Å². The number of aromatic nitrogens is 2. The lowest BCUT2D eigenvalue weighted by molar-refractivity contribution is 0.0174. The third kappa shape index (κ3) is 5.10. The van der Waals surface area contributed by atoms with Gasteiger partial charge in [-0.15, -0.1) is 0 Å². The molecule has 6 heteroatoms. The smallest absolute Gasteiger partial charge is 0.270 e. The van der Waals surface area contributed by atoms with Crippen LogP contribution in [0.25, 0.3) is 0 Å². The molecule has 1 unspecified atom stereocenters. The van der Waals surface area contributed by atoms with Crippen LogP contribution in [-0.2, 0) is 12.3 Å². The molecule has 1 aliphatic carbocycles. The van der Waals surface area contributed by atoms with Crippen molar-refractivity contribution in [2.24, 2.45) is 11.3 Å². The summed E-state index contributed by atoms with van der Waals surface area (Å²) in [5, 5.41) is 0. The number of aryl methyl sites for hydroxylation is 1. The van der Waals surface area contributed by atoms with Gasteiger partial charge in [0, 0.05) is 19.0 Å². The Labute approximate surface area is 189 Å². The first-order chi connectivity index (χ1) is 15.1. The second-order valence-electron chi connectivity index (χ2n) is 10.5. The average molecular weight is 446 g/mol. The van der Waals surface area contributed by atoms with Gasteiger partial charge < -0.3 is 4.90 Å². The molecule has 1 aliphatic heterocycles. The maximum Gasteiger partial charge on any atom is 0.270 e. The molecule has 0 radical (unpaired) electrons. The van der Waals surface area contributed by atoms with Crippen molar-refractivity contribution in [3.8, 4) is 0 Å². The Morgan fingerprint density at radius 2 is 1.75 bits per heavy atom. The number of nitrogens with zero attached hydrogens (tertiary/aromatic N) is 3. The Morgan fingerprint density at radius 1 is 1.06 bits per heavy atom. The molecule has 0 amide bonds. The first kappa shape index (κ1) is 23.1. The lowest BCUT2D eigenvalue weighted by Gasteiger charge is -2.34. The third-order valence-corrected chi connectivity index (χ3v) is 7.42. The van der Waals surface area contributed by atoms with Crippen molar-refractivity contribution >= 4 is 5.82 Å². The summed E-state index contributed by atoms with van der Waals surface area (Å²) in [5.74, 6) is -2.22. The van der Waals surface area contributed by atoms with E-state index < -0.39 is 5.92 Å². The Kier molecular flexibility index (Phi) is 6.51. The largest absolute Gasteiger partial charge is 0.347 e. The van der Waals surface area contributed by atoms with Gasteiger partial charge in [0.15, 0.2) is 11.6 Å². The van der Waals surface area contributed by atoms with Crippen LogP contribution in [0.5, 0.6) is 0 Å². The number of halogens is 3. The Bertz CT molecular complexity index is 911. The fraction of sp³-hybridized carbons (Fsp3) is 0.615. The molecule has 3 nitrogen and oxygen atoms in total. The van der Waals surface area contributed by atoms with Crippen LogP contribution in [0.2, 0.25) is 0 Å². The molecule has 2 aliphatic rings. The van der Waals surface area contributed by atoms with Crippen LogP contribution in [-0.4, -0.2) is 16.5 Å². The van der Waals surface area contributed by atoms with E-state index in [1.807, 2.05) is 4.90 Å². The second-order valence-corrected chi connectivity index (χ2v) is 10.5. The predicted molar refractivity (Wildman–Crippen MR) is 121 cm³/mol. The maximum absolute atomic E-state index is 15.4. The van der Waals surface area contributed by atoms with E-state index in [2.05, 4.69) is 23.8 Å². The molecule has 32 heavy (non-hydrogen) atoms. The van der Waals surface area contributed by atoms with Crippen LogP contribution in [0.3, 0.4) is 0 Å². The maximum atomic E-state index is 15.4. The van der Waals surface area contributed by atoms with E-state index in [0.717, 1.165) is 31.7 Å². The number of hydrogen-bond acceptors (Lipinski definition) is 3. The Balaban J connectivity index is 1.47. The number of alkyl halides is 2. The topological polar surface area (TPSA) is 29.0 Å². The Morgan fingerprint density at radius 3 is 2.41 bits per heavy atom. The van der Waals surface area contributed by atoms with Crippen molar-refractivity contribution in [2.75, 3.05) is 11.4 Å². The zero-order valence-electron chi connectivity index (χ0n) is 19.4. The standard InChI is InChI=1S/C26H34F3N3/c1-25(2)14-12-18(13-15-25)6-11-21-23(27)24(31-17-30-21)32-16-4-5-22(32)19-7-9-20(10-8-19)26(3,28)29/h7-10,17-18,22H,4-6,11-16H2,1-3H3. The normalized spacial score (nSPS) is 21.8. The van der Waals surface area contributed by atoms with Crippen molar-refractivity contribution in [1.29, 1.82) is 0 Å². The molecule has 1 aromatic carbocycles. The molecule has 0 bridgehead atoms. The van der Waals surface area contributed by atoms with Gasteiger partial charge in [-0.2, -0.15) is 0 Å². The molecular weight excluding hydrogens is 411 g/mol. The molecule has 0 N–H and O–H groups in total. The number of hydrogen-bond donors (Lipinski definition) is 0. The van der Waals surface area contributed by atoms with Gasteiger partial charge in [0.05, 0.1) is 11.7 Å². The summed E-state index contributed by atoms with van der Waals surface area (Å²) in [6, 6.07) is 6.35. The van der Waals surface area contributed by atoms with Gasteiger partial charge in [-0.05, 0) is 68.3 Å². The first-order valence-corrected chi connectivity index (χ1v) is 11.9. The molecule has 1 aromatic heterocycles. The molecule has 174 valence electrons. The molecule has 0 spiro atoms. The molecular formula is C26H34F3N3. The minimum Gasteiger partial charge on any atom is -0.347 e. The third-order valence-electron chi connectivity index (χ3n) is 7.42. The van der Waals surface area contributed by atoms with E-state index in [1.165, 1.54) is 44.1 Å². The summed E-state index contributed by atoms with van der Waals surface area (Å²) in [4.78, 5) is 10.5. The van der Waals surface area contributed by atoms with Crippen molar-refractivity contribution in [1.82, 2.24) is 9.97 Å². The average Bonchev–Trinajstić information content (AvgIpc) is 3.23. The fourth-order valence-electron chi connectivity index (χ4n) is 5.22. The SMILES string of the molecule is CC1(C)CCC(CCc2ncnc(N3CCCC3c3ccc(C(C)(F)F)cc3)c2F)CC1. The van der Waals surface area contributed by atoms with Gasteiger partial charge in [0.25, 0.3) is 5.92 Å². The highest BCUT2D eigenvalue weighted by Gasteiger charge is 2.32. The van der Waals surface area contributed by atoms with Crippen LogP contribution in [0, 0.1) is 17.2 Å². The Hall–Kier alpha value is -2.11. The number of anilines is 1.